The van der Waals surface area contributed by atoms with Crippen molar-refractivity contribution < 1.29 is 9.47 Å². The lowest BCUT2D eigenvalue weighted by Crippen LogP contribution is -2.14. The Hall–Kier alpha value is -3.01. The third-order valence-corrected chi connectivity index (χ3v) is 4.14. The van der Waals surface area contributed by atoms with Gasteiger partial charge in [0.15, 0.2) is 0 Å². The fraction of sp³-hybridized carbons (Fsp3) is 0.190. The molecule has 3 aromatic rings. The molecule has 0 aliphatic heterocycles. The van der Waals surface area contributed by atoms with Crippen molar-refractivity contribution in [1.29, 1.82) is 0 Å². The van der Waals surface area contributed by atoms with Crippen LogP contribution in [0.3, 0.4) is 0 Å². The van der Waals surface area contributed by atoms with Crippen molar-refractivity contribution in [1.82, 2.24) is 4.98 Å². The number of pyridine rings is 1. The average Bonchev–Trinajstić information content (AvgIpc) is 2.67. The molecule has 128 valence electrons. The van der Waals surface area contributed by atoms with Gasteiger partial charge >= 0.3 is 0 Å². The number of aromatic nitrogens is 1. The molecule has 3 rings (SSSR count). The maximum Gasteiger partial charge on any atom is 0.129 e. The highest BCUT2D eigenvalue weighted by Gasteiger charge is 2.17. The van der Waals surface area contributed by atoms with Crippen LogP contribution in [-0.2, 0) is 0 Å². The SMILES string of the molecule is COc1cccc(C(Nc2ncccc2C)c2cccc(OC)c2)c1. The minimum atomic E-state index is -0.0706. The summed E-state index contributed by atoms with van der Waals surface area (Å²) >= 11 is 0. The molecule has 25 heavy (non-hydrogen) atoms. The van der Waals surface area contributed by atoms with E-state index in [2.05, 4.69) is 22.4 Å². The number of nitrogens with zero attached hydrogens (tertiary/aromatic N) is 1. The molecule has 2 aromatic carbocycles. The van der Waals surface area contributed by atoms with Crippen LogP contribution in [0.25, 0.3) is 0 Å². The number of anilines is 1. The van der Waals surface area contributed by atoms with Crippen LogP contribution in [0, 0.1) is 6.92 Å². The monoisotopic (exact) mass is 334 g/mol. The van der Waals surface area contributed by atoms with Gasteiger partial charge in [-0.2, -0.15) is 0 Å². The summed E-state index contributed by atoms with van der Waals surface area (Å²) in [5, 5.41) is 3.56. The second kappa shape index (κ2) is 7.71. The molecule has 4 heteroatoms. The summed E-state index contributed by atoms with van der Waals surface area (Å²) in [6.07, 6.45) is 1.80. The normalized spacial score (nSPS) is 10.6. The van der Waals surface area contributed by atoms with Crippen molar-refractivity contribution in [3.63, 3.8) is 0 Å². The first kappa shape index (κ1) is 16.8. The maximum atomic E-state index is 5.39. The van der Waals surface area contributed by atoms with Crippen molar-refractivity contribution in [2.45, 2.75) is 13.0 Å². The van der Waals surface area contributed by atoms with Gasteiger partial charge in [-0.1, -0.05) is 30.3 Å². The van der Waals surface area contributed by atoms with Gasteiger partial charge in [-0.25, -0.2) is 4.98 Å². The number of rotatable bonds is 6. The van der Waals surface area contributed by atoms with Gasteiger partial charge in [0, 0.05) is 6.20 Å². The average molecular weight is 334 g/mol. The zero-order chi connectivity index (χ0) is 17.6. The van der Waals surface area contributed by atoms with E-state index in [1.807, 2.05) is 55.5 Å². The van der Waals surface area contributed by atoms with Gasteiger partial charge in [0.25, 0.3) is 0 Å². The van der Waals surface area contributed by atoms with Crippen LogP contribution in [0.4, 0.5) is 5.82 Å². The Bertz CT molecular complexity index is 801. The summed E-state index contributed by atoms with van der Waals surface area (Å²) in [5.74, 6) is 2.51. The summed E-state index contributed by atoms with van der Waals surface area (Å²) in [6, 6.07) is 20.0. The first-order valence-corrected chi connectivity index (χ1v) is 8.17. The molecule has 0 unspecified atom stereocenters. The molecule has 0 atom stereocenters. The second-order valence-electron chi connectivity index (χ2n) is 5.80. The molecule has 4 nitrogen and oxygen atoms in total. The molecular formula is C21H22N2O2. The van der Waals surface area contributed by atoms with Gasteiger partial charge in [-0.15, -0.1) is 0 Å². The molecule has 0 saturated heterocycles. The summed E-state index contributed by atoms with van der Waals surface area (Å²) in [7, 11) is 3.35. The second-order valence-corrected chi connectivity index (χ2v) is 5.80. The Labute approximate surface area is 148 Å². The summed E-state index contributed by atoms with van der Waals surface area (Å²) < 4.78 is 10.8. The maximum absolute atomic E-state index is 5.39. The van der Waals surface area contributed by atoms with E-state index < -0.39 is 0 Å². The smallest absolute Gasteiger partial charge is 0.129 e. The standard InChI is InChI=1S/C21H22N2O2/c1-15-7-6-12-22-21(15)23-20(16-8-4-10-18(13-16)24-2)17-9-5-11-19(14-17)25-3/h4-14,20H,1-3H3,(H,22,23). The summed E-state index contributed by atoms with van der Waals surface area (Å²) in [4.78, 5) is 4.48. The number of methoxy groups -OCH3 is 2. The quantitative estimate of drug-likeness (QED) is 0.715. The number of hydrogen-bond acceptors (Lipinski definition) is 4. The number of nitrogens with one attached hydrogen (secondary N) is 1. The lowest BCUT2D eigenvalue weighted by Gasteiger charge is -2.22. The van der Waals surface area contributed by atoms with Crippen LogP contribution in [0.1, 0.15) is 22.7 Å². The third-order valence-electron chi connectivity index (χ3n) is 4.14. The fourth-order valence-electron chi connectivity index (χ4n) is 2.77. The minimum Gasteiger partial charge on any atom is -0.497 e. The number of ether oxygens (including phenoxy) is 2. The third kappa shape index (κ3) is 3.91. The Morgan fingerprint density at radius 2 is 1.44 bits per heavy atom. The zero-order valence-electron chi connectivity index (χ0n) is 14.7. The Balaban J connectivity index is 2.05. The molecule has 0 amide bonds. The molecule has 1 N–H and O–H groups in total. The van der Waals surface area contributed by atoms with Crippen molar-refractivity contribution in [2.24, 2.45) is 0 Å². The van der Waals surface area contributed by atoms with Crippen LogP contribution in [0.15, 0.2) is 66.9 Å². The van der Waals surface area contributed by atoms with Gasteiger partial charge in [0.1, 0.15) is 17.3 Å². The van der Waals surface area contributed by atoms with Gasteiger partial charge in [-0.3, -0.25) is 0 Å². The topological polar surface area (TPSA) is 43.4 Å². The van der Waals surface area contributed by atoms with Crippen LogP contribution in [0.2, 0.25) is 0 Å². The van der Waals surface area contributed by atoms with E-state index in [1.54, 1.807) is 20.4 Å². The lowest BCUT2D eigenvalue weighted by molar-refractivity contribution is 0.413. The van der Waals surface area contributed by atoms with Crippen molar-refractivity contribution in [2.75, 3.05) is 19.5 Å². The Kier molecular flexibility index (Phi) is 5.19. The summed E-state index contributed by atoms with van der Waals surface area (Å²) in [6.45, 7) is 2.05. The van der Waals surface area contributed by atoms with E-state index in [1.165, 1.54) is 0 Å². The predicted molar refractivity (Wildman–Crippen MR) is 100 cm³/mol. The molecule has 0 fully saturated rings. The Morgan fingerprint density at radius 3 is 1.96 bits per heavy atom. The zero-order valence-corrected chi connectivity index (χ0v) is 14.7. The van der Waals surface area contributed by atoms with Crippen LogP contribution >= 0.6 is 0 Å². The van der Waals surface area contributed by atoms with Gasteiger partial charge in [0.05, 0.1) is 20.3 Å². The molecule has 0 bridgehead atoms. The molecule has 0 aliphatic carbocycles. The fourth-order valence-corrected chi connectivity index (χ4v) is 2.77. The molecule has 0 saturated carbocycles. The predicted octanol–water partition coefficient (Wildman–Crippen LogP) is 4.61. The van der Waals surface area contributed by atoms with Gasteiger partial charge in [-0.05, 0) is 53.9 Å². The van der Waals surface area contributed by atoms with Gasteiger partial charge in [0.2, 0.25) is 0 Å². The van der Waals surface area contributed by atoms with Crippen molar-refractivity contribution >= 4 is 5.82 Å². The van der Waals surface area contributed by atoms with Crippen molar-refractivity contribution in [3.05, 3.63) is 83.6 Å². The largest absolute Gasteiger partial charge is 0.497 e. The van der Waals surface area contributed by atoms with E-state index in [0.29, 0.717) is 0 Å². The molecule has 1 aromatic heterocycles. The van der Waals surface area contributed by atoms with Crippen molar-refractivity contribution in [3.8, 4) is 11.5 Å². The van der Waals surface area contributed by atoms with Crippen LogP contribution < -0.4 is 14.8 Å². The highest BCUT2D eigenvalue weighted by Crippen LogP contribution is 2.31. The lowest BCUT2D eigenvalue weighted by atomic mass is 9.98. The van der Waals surface area contributed by atoms with E-state index in [0.717, 1.165) is 34.0 Å². The molecule has 1 heterocycles. The van der Waals surface area contributed by atoms with E-state index in [-0.39, 0.29) is 6.04 Å². The van der Waals surface area contributed by atoms with E-state index in [9.17, 15) is 0 Å². The molecule has 0 spiro atoms. The number of aryl methyl sites for hydroxylation is 1. The highest BCUT2D eigenvalue weighted by atomic mass is 16.5. The first-order valence-electron chi connectivity index (χ1n) is 8.17. The van der Waals surface area contributed by atoms with Crippen LogP contribution in [-0.4, -0.2) is 19.2 Å². The van der Waals surface area contributed by atoms with Gasteiger partial charge < -0.3 is 14.8 Å². The molecular weight excluding hydrogens is 312 g/mol. The molecule has 0 radical (unpaired) electrons. The number of hydrogen-bond donors (Lipinski definition) is 1. The van der Waals surface area contributed by atoms with Crippen LogP contribution in [0.5, 0.6) is 11.5 Å². The van der Waals surface area contributed by atoms with E-state index in [4.69, 9.17) is 9.47 Å². The van der Waals surface area contributed by atoms with E-state index >= 15 is 0 Å². The Morgan fingerprint density at radius 1 is 0.840 bits per heavy atom. The summed E-state index contributed by atoms with van der Waals surface area (Å²) in [5.41, 5.74) is 3.29. The molecule has 0 aliphatic rings. The highest BCUT2D eigenvalue weighted by molar-refractivity contribution is 5.50. The minimum absolute atomic E-state index is 0.0706. The number of benzene rings is 2. The first-order chi connectivity index (χ1) is 12.2.